The van der Waals surface area contributed by atoms with Gasteiger partial charge in [-0.25, -0.2) is 9.37 Å². The Morgan fingerprint density at radius 2 is 1.71 bits per heavy atom. The summed E-state index contributed by atoms with van der Waals surface area (Å²) in [5.74, 6) is -1.37. The zero-order valence-electron chi connectivity index (χ0n) is 15.0. The van der Waals surface area contributed by atoms with E-state index >= 15 is 0 Å². The van der Waals surface area contributed by atoms with Gasteiger partial charge in [-0.2, -0.15) is 0 Å². The van der Waals surface area contributed by atoms with Crippen LogP contribution in [0.15, 0.2) is 60.7 Å². The number of carbonyl (C=O) groups is 2. The Morgan fingerprint density at radius 1 is 1.00 bits per heavy atom. The summed E-state index contributed by atoms with van der Waals surface area (Å²) in [4.78, 5) is 28.9. The molecule has 142 valence electrons. The number of hydrogen-bond acceptors (Lipinski definition) is 3. The van der Waals surface area contributed by atoms with Crippen molar-refractivity contribution in [1.29, 1.82) is 0 Å². The Kier molecular flexibility index (Phi) is 6.01. The first kappa shape index (κ1) is 19.5. The van der Waals surface area contributed by atoms with E-state index in [0.29, 0.717) is 16.3 Å². The van der Waals surface area contributed by atoms with E-state index in [1.807, 2.05) is 6.92 Å². The van der Waals surface area contributed by atoms with Gasteiger partial charge in [0.15, 0.2) is 0 Å². The van der Waals surface area contributed by atoms with Crippen LogP contribution < -0.4 is 10.6 Å². The highest BCUT2D eigenvalue weighted by Gasteiger charge is 2.14. The molecular weight excluding hydrogens is 381 g/mol. The zero-order chi connectivity index (χ0) is 20.1. The Labute approximate surface area is 166 Å². The van der Waals surface area contributed by atoms with Crippen LogP contribution in [-0.4, -0.2) is 16.8 Å². The van der Waals surface area contributed by atoms with E-state index in [4.69, 9.17) is 11.6 Å². The SMILES string of the molecule is Cc1ccc(Cl)cc1NC(=O)c1cccc(C(=O)NCc2ccccc2F)n1. The van der Waals surface area contributed by atoms with E-state index in [9.17, 15) is 14.0 Å². The Bertz CT molecular complexity index is 1040. The van der Waals surface area contributed by atoms with E-state index in [2.05, 4.69) is 15.6 Å². The summed E-state index contributed by atoms with van der Waals surface area (Å²) in [5.41, 5.74) is 1.91. The fourth-order valence-electron chi connectivity index (χ4n) is 2.51. The average Bonchev–Trinajstić information content (AvgIpc) is 2.70. The summed E-state index contributed by atoms with van der Waals surface area (Å²) in [6.45, 7) is 1.86. The number of halogens is 2. The molecule has 0 fully saturated rings. The Morgan fingerprint density at radius 3 is 2.46 bits per heavy atom. The third-order valence-corrected chi connectivity index (χ3v) is 4.29. The molecule has 0 aliphatic rings. The Balaban J connectivity index is 1.70. The summed E-state index contributed by atoms with van der Waals surface area (Å²) in [6, 6.07) is 15.9. The molecule has 0 unspecified atom stereocenters. The van der Waals surface area contributed by atoms with Crippen LogP contribution in [0.3, 0.4) is 0 Å². The topological polar surface area (TPSA) is 71.1 Å². The lowest BCUT2D eigenvalue weighted by Crippen LogP contribution is -2.25. The minimum atomic E-state index is -0.503. The molecule has 0 saturated heterocycles. The maximum atomic E-state index is 13.7. The second-order valence-corrected chi connectivity index (χ2v) is 6.53. The molecule has 5 nitrogen and oxygen atoms in total. The predicted octanol–water partition coefficient (Wildman–Crippen LogP) is 4.36. The van der Waals surface area contributed by atoms with Crippen molar-refractivity contribution >= 4 is 29.1 Å². The van der Waals surface area contributed by atoms with Gasteiger partial charge in [0.2, 0.25) is 0 Å². The first-order valence-electron chi connectivity index (χ1n) is 8.50. The number of carbonyl (C=O) groups excluding carboxylic acids is 2. The van der Waals surface area contributed by atoms with Gasteiger partial charge in [0, 0.05) is 22.8 Å². The third kappa shape index (κ3) is 4.72. The third-order valence-electron chi connectivity index (χ3n) is 4.06. The van der Waals surface area contributed by atoms with Gasteiger partial charge in [0.25, 0.3) is 11.8 Å². The van der Waals surface area contributed by atoms with Crippen LogP contribution in [0.4, 0.5) is 10.1 Å². The van der Waals surface area contributed by atoms with Crippen LogP contribution in [0.2, 0.25) is 5.02 Å². The van der Waals surface area contributed by atoms with Gasteiger partial charge >= 0.3 is 0 Å². The molecule has 0 spiro atoms. The van der Waals surface area contributed by atoms with Crippen molar-refractivity contribution in [2.24, 2.45) is 0 Å². The molecule has 0 radical (unpaired) electrons. The molecule has 3 aromatic rings. The number of aromatic nitrogens is 1. The lowest BCUT2D eigenvalue weighted by molar-refractivity contribution is 0.0945. The van der Waals surface area contributed by atoms with Crippen LogP contribution in [0.1, 0.15) is 32.1 Å². The number of rotatable bonds is 5. The number of nitrogens with one attached hydrogen (secondary N) is 2. The number of nitrogens with zero attached hydrogens (tertiary/aromatic N) is 1. The number of aryl methyl sites for hydroxylation is 1. The van der Waals surface area contributed by atoms with E-state index in [1.165, 1.54) is 18.2 Å². The summed E-state index contributed by atoms with van der Waals surface area (Å²) in [6.07, 6.45) is 0. The molecule has 0 atom stereocenters. The molecule has 7 heteroatoms. The van der Waals surface area contributed by atoms with Crippen molar-refractivity contribution in [1.82, 2.24) is 10.3 Å². The van der Waals surface area contributed by atoms with E-state index in [0.717, 1.165) is 5.56 Å². The lowest BCUT2D eigenvalue weighted by Gasteiger charge is -2.10. The largest absolute Gasteiger partial charge is 0.347 e. The number of anilines is 1. The molecule has 3 rings (SSSR count). The van der Waals surface area contributed by atoms with Gasteiger partial charge in [-0.15, -0.1) is 0 Å². The van der Waals surface area contributed by atoms with Gasteiger partial charge in [0.05, 0.1) is 0 Å². The monoisotopic (exact) mass is 397 g/mol. The van der Waals surface area contributed by atoms with Gasteiger partial charge in [0.1, 0.15) is 17.2 Å². The van der Waals surface area contributed by atoms with E-state index in [1.54, 1.807) is 42.5 Å². The molecule has 1 aromatic heterocycles. The van der Waals surface area contributed by atoms with Crippen LogP contribution in [0, 0.1) is 12.7 Å². The van der Waals surface area contributed by atoms with Gasteiger partial charge in [-0.3, -0.25) is 9.59 Å². The quantitative estimate of drug-likeness (QED) is 0.671. The van der Waals surface area contributed by atoms with Gasteiger partial charge < -0.3 is 10.6 Å². The smallest absolute Gasteiger partial charge is 0.274 e. The minimum absolute atomic E-state index is 0.0192. The highest BCUT2D eigenvalue weighted by atomic mass is 35.5. The lowest BCUT2D eigenvalue weighted by atomic mass is 10.2. The summed E-state index contributed by atoms with van der Waals surface area (Å²) < 4.78 is 13.7. The standard InChI is InChI=1S/C21H17ClFN3O2/c1-13-9-10-15(22)11-19(13)26-21(28)18-8-4-7-17(25-18)20(27)24-12-14-5-2-3-6-16(14)23/h2-11H,12H2,1H3,(H,24,27)(H,26,28). The van der Waals surface area contributed by atoms with Crippen molar-refractivity contribution in [3.05, 3.63) is 94.0 Å². The first-order chi connectivity index (χ1) is 13.4. The molecular formula is C21H17ClFN3O2. The number of pyridine rings is 1. The summed E-state index contributed by atoms with van der Waals surface area (Å²) in [5, 5.41) is 5.83. The fourth-order valence-corrected chi connectivity index (χ4v) is 2.68. The summed E-state index contributed by atoms with van der Waals surface area (Å²) >= 11 is 5.96. The number of amides is 2. The second kappa shape index (κ2) is 8.63. The van der Waals surface area contributed by atoms with Crippen molar-refractivity contribution in [3.63, 3.8) is 0 Å². The highest BCUT2D eigenvalue weighted by Crippen LogP contribution is 2.20. The number of hydrogen-bond donors (Lipinski definition) is 2. The molecule has 2 amide bonds. The summed E-state index contributed by atoms with van der Waals surface area (Å²) in [7, 11) is 0. The van der Waals surface area contributed by atoms with Crippen molar-refractivity contribution in [3.8, 4) is 0 Å². The van der Waals surface area contributed by atoms with E-state index < -0.39 is 17.6 Å². The van der Waals surface area contributed by atoms with Crippen molar-refractivity contribution in [2.45, 2.75) is 13.5 Å². The van der Waals surface area contributed by atoms with Crippen LogP contribution >= 0.6 is 11.6 Å². The molecule has 2 N–H and O–H groups in total. The van der Waals surface area contributed by atoms with E-state index in [-0.39, 0.29) is 17.9 Å². The van der Waals surface area contributed by atoms with Crippen LogP contribution in [0.25, 0.3) is 0 Å². The van der Waals surface area contributed by atoms with Gasteiger partial charge in [-0.1, -0.05) is 41.9 Å². The Hall–Kier alpha value is -3.25. The average molecular weight is 398 g/mol. The molecule has 0 bridgehead atoms. The maximum absolute atomic E-state index is 13.7. The molecule has 1 heterocycles. The predicted molar refractivity (Wildman–Crippen MR) is 106 cm³/mol. The van der Waals surface area contributed by atoms with Crippen molar-refractivity contribution in [2.75, 3.05) is 5.32 Å². The molecule has 0 saturated carbocycles. The highest BCUT2D eigenvalue weighted by molar-refractivity contribution is 6.31. The van der Waals surface area contributed by atoms with Crippen LogP contribution in [-0.2, 0) is 6.54 Å². The minimum Gasteiger partial charge on any atom is -0.347 e. The number of benzene rings is 2. The second-order valence-electron chi connectivity index (χ2n) is 6.10. The molecule has 28 heavy (non-hydrogen) atoms. The normalized spacial score (nSPS) is 10.4. The molecule has 2 aromatic carbocycles. The fraction of sp³-hybridized carbons (Fsp3) is 0.0952. The molecule has 0 aliphatic carbocycles. The maximum Gasteiger partial charge on any atom is 0.274 e. The van der Waals surface area contributed by atoms with Gasteiger partial charge in [-0.05, 0) is 42.8 Å². The first-order valence-corrected chi connectivity index (χ1v) is 8.88. The zero-order valence-corrected chi connectivity index (χ0v) is 15.8. The van der Waals surface area contributed by atoms with Crippen LogP contribution in [0.5, 0.6) is 0 Å². The molecule has 0 aliphatic heterocycles. The van der Waals surface area contributed by atoms with Crippen molar-refractivity contribution < 1.29 is 14.0 Å².